The van der Waals surface area contributed by atoms with Gasteiger partial charge in [-0.15, -0.1) is 10.2 Å². The standard InChI is InChI=1S/C24H22ClF6N7/c1-13(24(29,30)31)35-7-14-6-15(25)2-4-17(14)38-19(8-35)33-34-22(38)37-11-23(12-37)9-36(10-23)18-5-3-16(26)20(32-18)21(27)28/h2-6,13,21H,7-12H2,1H3. The molecule has 0 radical (unpaired) electrons. The van der Waals surface area contributed by atoms with E-state index in [0.29, 0.717) is 60.0 Å². The Labute approximate surface area is 218 Å². The van der Waals surface area contributed by atoms with E-state index in [0.717, 1.165) is 13.0 Å². The smallest absolute Gasteiger partial charge is 0.355 e. The third-order valence-electron chi connectivity index (χ3n) is 7.51. The van der Waals surface area contributed by atoms with Gasteiger partial charge in [0.1, 0.15) is 17.6 Å². The average molecular weight is 558 g/mol. The van der Waals surface area contributed by atoms with Gasteiger partial charge in [-0.25, -0.2) is 18.2 Å². The van der Waals surface area contributed by atoms with Crippen LogP contribution < -0.4 is 9.80 Å². The summed E-state index contributed by atoms with van der Waals surface area (Å²) >= 11 is 6.19. The van der Waals surface area contributed by atoms with Crippen LogP contribution in [0.1, 0.15) is 30.4 Å². The highest BCUT2D eigenvalue weighted by Crippen LogP contribution is 2.44. The normalized spacial score (nSPS) is 19.6. The number of anilines is 2. The minimum absolute atomic E-state index is 0.0452. The SMILES string of the molecule is CC(N1Cc2cc(Cl)ccc2-n2c(nnc2N2CC3(CN(c4ccc(F)c(C(F)F)n4)C3)C2)C1)C(F)(F)F. The zero-order valence-electron chi connectivity index (χ0n) is 20.1. The molecule has 6 rings (SSSR count). The van der Waals surface area contributed by atoms with Gasteiger partial charge in [0.25, 0.3) is 6.43 Å². The summed E-state index contributed by atoms with van der Waals surface area (Å²) in [4.78, 5) is 8.91. The molecular weight excluding hydrogens is 536 g/mol. The molecule has 0 saturated carbocycles. The Morgan fingerprint density at radius 2 is 1.68 bits per heavy atom. The van der Waals surface area contributed by atoms with Gasteiger partial charge in [-0.3, -0.25) is 9.47 Å². The maximum Gasteiger partial charge on any atom is 0.403 e. The number of aromatic nitrogens is 4. The van der Waals surface area contributed by atoms with Crippen molar-refractivity contribution in [1.82, 2.24) is 24.6 Å². The lowest BCUT2D eigenvalue weighted by Gasteiger charge is -2.60. The highest BCUT2D eigenvalue weighted by atomic mass is 35.5. The average Bonchev–Trinajstić information content (AvgIpc) is 3.12. The van der Waals surface area contributed by atoms with Crippen LogP contribution in [0.5, 0.6) is 0 Å². The van der Waals surface area contributed by atoms with Crippen molar-refractivity contribution < 1.29 is 26.3 Å². The quantitative estimate of drug-likeness (QED) is 0.422. The van der Waals surface area contributed by atoms with Gasteiger partial charge in [0, 0.05) is 43.2 Å². The van der Waals surface area contributed by atoms with Gasteiger partial charge in [0.15, 0.2) is 11.6 Å². The number of rotatable bonds is 4. The lowest BCUT2D eigenvalue weighted by molar-refractivity contribution is -0.182. The monoisotopic (exact) mass is 557 g/mol. The zero-order chi connectivity index (χ0) is 27.0. The number of hydrogen-bond donors (Lipinski definition) is 0. The fourth-order valence-corrected chi connectivity index (χ4v) is 5.70. The lowest BCUT2D eigenvalue weighted by atomic mass is 9.73. The van der Waals surface area contributed by atoms with Gasteiger partial charge < -0.3 is 9.80 Å². The van der Waals surface area contributed by atoms with Crippen molar-refractivity contribution in [2.75, 3.05) is 36.0 Å². The molecule has 0 bridgehead atoms. The minimum atomic E-state index is -4.41. The summed E-state index contributed by atoms with van der Waals surface area (Å²) in [7, 11) is 0. The summed E-state index contributed by atoms with van der Waals surface area (Å²) in [5.74, 6) is 0.176. The van der Waals surface area contributed by atoms with Gasteiger partial charge in [-0.05, 0) is 42.8 Å². The number of alkyl halides is 5. The van der Waals surface area contributed by atoms with E-state index in [1.807, 2.05) is 9.80 Å². The summed E-state index contributed by atoms with van der Waals surface area (Å²) in [6.07, 6.45) is -7.41. The van der Waals surface area contributed by atoms with E-state index in [-0.39, 0.29) is 18.5 Å². The van der Waals surface area contributed by atoms with Crippen molar-refractivity contribution in [3.63, 3.8) is 0 Å². The number of fused-ring (bicyclic) bond motifs is 3. The van der Waals surface area contributed by atoms with Gasteiger partial charge in [-0.2, -0.15) is 13.2 Å². The van der Waals surface area contributed by atoms with Gasteiger partial charge in [-0.1, -0.05) is 11.6 Å². The molecule has 7 nitrogen and oxygen atoms in total. The highest BCUT2D eigenvalue weighted by molar-refractivity contribution is 6.30. The van der Waals surface area contributed by atoms with Gasteiger partial charge in [0.2, 0.25) is 5.95 Å². The van der Waals surface area contributed by atoms with Crippen LogP contribution in [0.15, 0.2) is 30.3 Å². The number of benzene rings is 1. The van der Waals surface area contributed by atoms with E-state index in [9.17, 15) is 26.3 Å². The zero-order valence-corrected chi connectivity index (χ0v) is 20.8. The van der Waals surface area contributed by atoms with Crippen molar-refractivity contribution >= 4 is 23.4 Å². The highest BCUT2D eigenvalue weighted by Gasteiger charge is 2.53. The predicted octanol–water partition coefficient (Wildman–Crippen LogP) is 4.99. The Morgan fingerprint density at radius 3 is 2.37 bits per heavy atom. The molecule has 1 unspecified atom stereocenters. The molecule has 0 aliphatic carbocycles. The van der Waals surface area contributed by atoms with E-state index < -0.39 is 30.2 Å². The Kier molecular flexibility index (Phi) is 5.80. The summed E-state index contributed by atoms with van der Waals surface area (Å²) < 4.78 is 82.2. The molecule has 1 spiro atoms. The number of halogens is 7. The molecule has 38 heavy (non-hydrogen) atoms. The molecule has 2 saturated heterocycles. The fourth-order valence-electron chi connectivity index (χ4n) is 5.50. The molecule has 14 heteroatoms. The maximum absolute atomic E-state index is 13.6. The number of nitrogens with zero attached hydrogens (tertiary/aromatic N) is 7. The molecule has 1 atom stereocenters. The first kappa shape index (κ1) is 25.2. The molecule has 3 aromatic rings. The molecule has 5 heterocycles. The molecular formula is C24H22ClF6N7. The second-order valence-corrected chi connectivity index (χ2v) is 10.6. The van der Waals surface area contributed by atoms with E-state index in [2.05, 4.69) is 15.2 Å². The molecule has 0 amide bonds. The van der Waals surface area contributed by atoms with Crippen molar-refractivity contribution in [3.05, 3.63) is 58.3 Å². The Morgan fingerprint density at radius 1 is 0.974 bits per heavy atom. The third kappa shape index (κ3) is 4.15. The van der Waals surface area contributed by atoms with Crippen molar-refractivity contribution in [2.24, 2.45) is 5.41 Å². The van der Waals surface area contributed by atoms with Crippen LogP contribution in [0, 0.1) is 11.2 Å². The van der Waals surface area contributed by atoms with E-state index in [4.69, 9.17) is 11.6 Å². The van der Waals surface area contributed by atoms with E-state index in [1.54, 1.807) is 22.8 Å². The van der Waals surface area contributed by atoms with Crippen molar-refractivity contribution in [3.8, 4) is 5.69 Å². The van der Waals surface area contributed by atoms with Crippen molar-refractivity contribution in [2.45, 2.75) is 38.7 Å². The second kappa shape index (κ2) is 8.73. The molecule has 2 aromatic heterocycles. The minimum Gasteiger partial charge on any atom is -0.355 e. The number of pyridine rings is 1. The van der Waals surface area contributed by atoms with Crippen LogP contribution in [-0.4, -0.2) is 63.0 Å². The van der Waals surface area contributed by atoms with Crippen molar-refractivity contribution in [1.29, 1.82) is 0 Å². The van der Waals surface area contributed by atoms with E-state index in [1.165, 1.54) is 11.0 Å². The molecule has 3 aliphatic rings. The first-order valence-corrected chi connectivity index (χ1v) is 12.3. The van der Waals surface area contributed by atoms with Crippen LogP contribution in [0.25, 0.3) is 5.69 Å². The first-order chi connectivity index (χ1) is 17.9. The Hall–Kier alpha value is -3.06. The van der Waals surface area contributed by atoms with E-state index >= 15 is 0 Å². The molecule has 2 fully saturated rings. The van der Waals surface area contributed by atoms with Crippen LogP contribution in [0.2, 0.25) is 5.02 Å². The second-order valence-electron chi connectivity index (χ2n) is 10.2. The predicted molar refractivity (Wildman–Crippen MR) is 127 cm³/mol. The van der Waals surface area contributed by atoms with Crippen LogP contribution in [0.4, 0.5) is 38.1 Å². The molecule has 202 valence electrons. The summed E-state index contributed by atoms with van der Waals surface area (Å²) in [6.45, 7) is 3.41. The Balaban J connectivity index is 1.23. The van der Waals surface area contributed by atoms with Gasteiger partial charge >= 0.3 is 6.18 Å². The van der Waals surface area contributed by atoms with Crippen LogP contribution in [0.3, 0.4) is 0 Å². The largest absolute Gasteiger partial charge is 0.403 e. The topological polar surface area (TPSA) is 53.3 Å². The van der Waals surface area contributed by atoms with Crippen LogP contribution in [-0.2, 0) is 13.1 Å². The summed E-state index contributed by atoms with van der Waals surface area (Å²) in [5.41, 5.74) is 0.318. The fraction of sp³-hybridized carbons (Fsp3) is 0.458. The molecule has 3 aliphatic heterocycles. The van der Waals surface area contributed by atoms with Gasteiger partial charge in [0.05, 0.1) is 12.2 Å². The number of hydrogen-bond acceptors (Lipinski definition) is 6. The molecule has 0 N–H and O–H groups in total. The third-order valence-corrected chi connectivity index (χ3v) is 7.75. The van der Waals surface area contributed by atoms with Crippen LogP contribution >= 0.6 is 11.6 Å². The summed E-state index contributed by atoms with van der Waals surface area (Å²) in [5, 5.41) is 8.99. The maximum atomic E-state index is 13.6. The Bertz CT molecular complexity index is 1380. The lowest BCUT2D eigenvalue weighted by Crippen LogP contribution is -2.73. The summed E-state index contributed by atoms with van der Waals surface area (Å²) in [6, 6.07) is 5.80. The first-order valence-electron chi connectivity index (χ1n) is 11.9. The molecule has 1 aromatic carbocycles.